The van der Waals surface area contributed by atoms with Gasteiger partial charge in [0.05, 0.1) is 12.8 Å². The van der Waals surface area contributed by atoms with Gasteiger partial charge in [-0.1, -0.05) is 20.8 Å². The number of rotatable bonds is 6. The van der Waals surface area contributed by atoms with Crippen LogP contribution in [-0.4, -0.2) is 12.8 Å². The quantitative estimate of drug-likeness (QED) is 0.626. The molecule has 0 aromatic heterocycles. The third kappa shape index (κ3) is 2.46. The van der Waals surface area contributed by atoms with E-state index in [0.717, 1.165) is 0 Å². The molecular formula is C10H23NO. The van der Waals surface area contributed by atoms with Crippen LogP contribution < -0.4 is 5.73 Å². The summed E-state index contributed by atoms with van der Waals surface area (Å²) >= 11 is 0. The Morgan fingerprint density at radius 2 is 1.58 bits per heavy atom. The van der Waals surface area contributed by atoms with Gasteiger partial charge >= 0.3 is 0 Å². The molecule has 0 fully saturated rings. The largest absolute Gasteiger partial charge is 0.363 e. The van der Waals surface area contributed by atoms with Crippen LogP contribution in [0.3, 0.4) is 0 Å². The first-order valence-corrected chi connectivity index (χ1v) is 4.98. The summed E-state index contributed by atoms with van der Waals surface area (Å²) in [7, 11) is 0. The zero-order chi connectivity index (χ0) is 9.61. The van der Waals surface area contributed by atoms with Crippen LogP contribution in [-0.2, 0) is 4.74 Å². The maximum atomic E-state index is 5.46. The fraction of sp³-hybridized carbons (Fsp3) is 1.00. The molecule has 1 unspecified atom stereocenters. The lowest BCUT2D eigenvalue weighted by Crippen LogP contribution is -2.35. The second-order valence-corrected chi connectivity index (χ2v) is 3.40. The molecule has 1 atom stereocenters. The van der Waals surface area contributed by atoms with Crippen LogP contribution in [0, 0.1) is 5.41 Å². The summed E-state index contributed by atoms with van der Waals surface area (Å²) < 4.78 is 5.46. The van der Waals surface area contributed by atoms with Crippen molar-refractivity contribution in [3.05, 3.63) is 0 Å². The molecule has 74 valence electrons. The average Bonchev–Trinajstić information content (AvgIpc) is 2.09. The third-order valence-electron chi connectivity index (χ3n) is 3.32. The third-order valence-corrected chi connectivity index (χ3v) is 3.32. The van der Waals surface area contributed by atoms with Crippen molar-refractivity contribution < 1.29 is 4.74 Å². The topological polar surface area (TPSA) is 35.2 Å². The van der Waals surface area contributed by atoms with Crippen LogP contribution >= 0.6 is 0 Å². The summed E-state index contributed by atoms with van der Waals surface area (Å²) in [5.74, 6) is 0. The van der Waals surface area contributed by atoms with E-state index in [4.69, 9.17) is 10.5 Å². The first-order chi connectivity index (χ1) is 5.66. The van der Waals surface area contributed by atoms with Crippen LogP contribution in [0.15, 0.2) is 0 Å². The molecule has 0 bridgehead atoms. The summed E-state index contributed by atoms with van der Waals surface area (Å²) in [5.41, 5.74) is 5.70. The molecule has 0 rings (SSSR count). The van der Waals surface area contributed by atoms with Gasteiger partial charge in [0.1, 0.15) is 0 Å². The van der Waals surface area contributed by atoms with E-state index < -0.39 is 0 Å². The normalized spacial score (nSPS) is 14.8. The smallest absolute Gasteiger partial charge is 0.0944 e. The molecule has 0 aliphatic rings. The Morgan fingerprint density at radius 1 is 1.17 bits per heavy atom. The van der Waals surface area contributed by atoms with E-state index in [2.05, 4.69) is 27.7 Å². The predicted molar refractivity (Wildman–Crippen MR) is 52.9 cm³/mol. The zero-order valence-electron chi connectivity index (χ0n) is 8.89. The highest BCUT2D eigenvalue weighted by molar-refractivity contribution is 4.81. The molecule has 0 heterocycles. The minimum atomic E-state index is 0.280. The Kier molecular flexibility index (Phi) is 5.51. The Hall–Kier alpha value is -0.0800. The van der Waals surface area contributed by atoms with Gasteiger partial charge in [-0.3, -0.25) is 0 Å². The van der Waals surface area contributed by atoms with Gasteiger partial charge in [0.2, 0.25) is 0 Å². The molecule has 0 aliphatic carbocycles. The van der Waals surface area contributed by atoms with Crippen molar-refractivity contribution in [3.8, 4) is 0 Å². The molecule has 0 amide bonds. The number of hydrogen-bond acceptors (Lipinski definition) is 2. The highest BCUT2D eigenvalue weighted by Crippen LogP contribution is 2.35. The summed E-state index contributed by atoms with van der Waals surface area (Å²) in [6.07, 6.45) is 3.78. The summed E-state index contributed by atoms with van der Waals surface area (Å²) in [6.45, 7) is 9.14. The van der Waals surface area contributed by atoms with Gasteiger partial charge in [-0.05, 0) is 31.6 Å². The van der Waals surface area contributed by atoms with Crippen molar-refractivity contribution in [1.82, 2.24) is 0 Å². The van der Waals surface area contributed by atoms with E-state index in [-0.39, 0.29) is 6.10 Å². The maximum absolute atomic E-state index is 5.46. The lowest BCUT2D eigenvalue weighted by molar-refractivity contribution is -0.0344. The molecule has 0 radical (unpaired) electrons. The zero-order valence-corrected chi connectivity index (χ0v) is 8.89. The molecule has 12 heavy (non-hydrogen) atoms. The molecule has 2 nitrogen and oxygen atoms in total. The Bertz CT molecular complexity index is 102. The Labute approximate surface area is 76.5 Å². The second kappa shape index (κ2) is 5.55. The second-order valence-electron chi connectivity index (χ2n) is 3.40. The average molecular weight is 173 g/mol. The lowest BCUT2D eigenvalue weighted by Gasteiger charge is -2.36. The minimum Gasteiger partial charge on any atom is -0.363 e. The molecule has 0 saturated heterocycles. The maximum Gasteiger partial charge on any atom is 0.0944 e. The SMILES string of the molecule is CCC(CC)(CC)C(C)OCN. The van der Waals surface area contributed by atoms with Crippen LogP contribution in [0.1, 0.15) is 47.0 Å². The highest BCUT2D eigenvalue weighted by Gasteiger charge is 2.31. The Morgan fingerprint density at radius 3 is 1.83 bits per heavy atom. The number of nitrogens with two attached hydrogens (primary N) is 1. The lowest BCUT2D eigenvalue weighted by atomic mass is 9.75. The Balaban J connectivity index is 4.24. The van der Waals surface area contributed by atoms with E-state index in [1.807, 2.05) is 0 Å². The van der Waals surface area contributed by atoms with Crippen molar-refractivity contribution in [2.24, 2.45) is 11.1 Å². The first kappa shape index (κ1) is 11.9. The molecular weight excluding hydrogens is 150 g/mol. The molecule has 2 heteroatoms. The van der Waals surface area contributed by atoms with E-state index in [0.29, 0.717) is 12.1 Å². The van der Waals surface area contributed by atoms with E-state index in [9.17, 15) is 0 Å². The van der Waals surface area contributed by atoms with Crippen LogP contribution in [0.25, 0.3) is 0 Å². The van der Waals surface area contributed by atoms with Gasteiger partial charge in [-0.25, -0.2) is 0 Å². The molecule has 0 aromatic rings. The van der Waals surface area contributed by atoms with Gasteiger partial charge in [0.15, 0.2) is 0 Å². The van der Waals surface area contributed by atoms with Crippen LogP contribution in [0.2, 0.25) is 0 Å². The van der Waals surface area contributed by atoms with Crippen molar-refractivity contribution in [1.29, 1.82) is 0 Å². The molecule has 0 aliphatic heterocycles. The number of hydrogen-bond donors (Lipinski definition) is 1. The van der Waals surface area contributed by atoms with E-state index in [1.54, 1.807) is 0 Å². The molecule has 2 N–H and O–H groups in total. The fourth-order valence-corrected chi connectivity index (χ4v) is 1.93. The van der Waals surface area contributed by atoms with Crippen molar-refractivity contribution in [2.75, 3.05) is 6.73 Å². The highest BCUT2D eigenvalue weighted by atomic mass is 16.5. The molecule has 0 saturated carbocycles. The van der Waals surface area contributed by atoms with E-state index in [1.165, 1.54) is 19.3 Å². The van der Waals surface area contributed by atoms with Gasteiger partial charge < -0.3 is 10.5 Å². The van der Waals surface area contributed by atoms with E-state index >= 15 is 0 Å². The summed E-state index contributed by atoms with van der Waals surface area (Å²) in [4.78, 5) is 0. The summed E-state index contributed by atoms with van der Waals surface area (Å²) in [5, 5.41) is 0. The predicted octanol–water partition coefficient (Wildman–Crippen LogP) is 2.52. The van der Waals surface area contributed by atoms with Gasteiger partial charge in [-0.2, -0.15) is 0 Å². The van der Waals surface area contributed by atoms with Crippen molar-refractivity contribution in [2.45, 2.75) is 53.1 Å². The van der Waals surface area contributed by atoms with Gasteiger partial charge in [-0.15, -0.1) is 0 Å². The minimum absolute atomic E-state index is 0.280. The monoisotopic (exact) mass is 173 g/mol. The fourth-order valence-electron chi connectivity index (χ4n) is 1.93. The summed E-state index contributed by atoms with van der Waals surface area (Å²) in [6, 6.07) is 0. The van der Waals surface area contributed by atoms with Gasteiger partial charge in [0, 0.05) is 0 Å². The molecule has 0 aromatic carbocycles. The standard InChI is InChI=1S/C10H23NO/c1-5-10(6-2,7-3)9(4)12-8-11/h9H,5-8,11H2,1-4H3. The van der Waals surface area contributed by atoms with Crippen molar-refractivity contribution in [3.63, 3.8) is 0 Å². The number of ether oxygens (including phenoxy) is 1. The van der Waals surface area contributed by atoms with Crippen LogP contribution in [0.5, 0.6) is 0 Å². The van der Waals surface area contributed by atoms with Crippen molar-refractivity contribution >= 4 is 0 Å². The molecule has 0 spiro atoms. The van der Waals surface area contributed by atoms with Crippen LogP contribution in [0.4, 0.5) is 0 Å². The first-order valence-electron chi connectivity index (χ1n) is 4.98. The van der Waals surface area contributed by atoms with Gasteiger partial charge in [0.25, 0.3) is 0 Å².